The number of hydrogen-bond acceptors (Lipinski definition) is 5. The van der Waals surface area contributed by atoms with Gasteiger partial charge in [-0.2, -0.15) is 0 Å². The quantitative estimate of drug-likeness (QED) is 0.943. The lowest BCUT2D eigenvalue weighted by Crippen LogP contribution is -2.20. The number of aryl methyl sites for hydroxylation is 2. The fraction of sp³-hybridized carbons (Fsp3) is 0.438. The van der Waals surface area contributed by atoms with E-state index in [2.05, 4.69) is 36.3 Å². The van der Waals surface area contributed by atoms with Crippen LogP contribution in [-0.2, 0) is 6.42 Å². The molecule has 0 spiro atoms. The molecule has 1 aliphatic rings. The number of nitrogens with one attached hydrogen (secondary N) is 1. The van der Waals surface area contributed by atoms with Crippen molar-refractivity contribution in [3.05, 3.63) is 39.3 Å². The van der Waals surface area contributed by atoms with Crippen molar-refractivity contribution < 1.29 is 9.47 Å². The Labute approximate surface area is 129 Å². The molecule has 0 amide bonds. The van der Waals surface area contributed by atoms with Gasteiger partial charge in [0.2, 0.25) is 0 Å². The Morgan fingerprint density at radius 2 is 2.00 bits per heavy atom. The molecule has 3 rings (SSSR count). The predicted octanol–water partition coefficient (Wildman–Crippen LogP) is 3.03. The summed E-state index contributed by atoms with van der Waals surface area (Å²) in [4.78, 5) is 5.93. The van der Waals surface area contributed by atoms with Gasteiger partial charge in [0.1, 0.15) is 13.2 Å². The summed E-state index contributed by atoms with van der Waals surface area (Å²) in [6.07, 6.45) is 0.884. The molecule has 0 bridgehead atoms. The molecule has 0 aliphatic carbocycles. The van der Waals surface area contributed by atoms with Gasteiger partial charge in [0, 0.05) is 17.3 Å². The Balaban J connectivity index is 1.82. The second-order valence-corrected chi connectivity index (χ2v) is 6.49. The Kier molecular flexibility index (Phi) is 4.12. The summed E-state index contributed by atoms with van der Waals surface area (Å²) < 4.78 is 11.2. The van der Waals surface area contributed by atoms with E-state index >= 15 is 0 Å². The minimum absolute atomic E-state index is 0.228. The normalized spacial score (nSPS) is 15.0. The van der Waals surface area contributed by atoms with E-state index in [0.717, 1.165) is 23.6 Å². The number of fused-ring (bicyclic) bond motifs is 1. The number of rotatable bonds is 4. The number of benzene rings is 1. The van der Waals surface area contributed by atoms with Gasteiger partial charge < -0.3 is 14.8 Å². The van der Waals surface area contributed by atoms with Crippen LogP contribution in [0.3, 0.4) is 0 Å². The van der Waals surface area contributed by atoms with Crippen molar-refractivity contribution in [3.63, 3.8) is 0 Å². The van der Waals surface area contributed by atoms with Crippen molar-refractivity contribution in [3.8, 4) is 11.5 Å². The van der Waals surface area contributed by atoms with E-state index in [1.165, 1.54) is 15.4 Å². The van der Waals surface area contributed by atoms with Crippen LogP contribution in [0.1, 0.15) is 27.2 Å². The van der Waals surface area contributed by atoms with Gasteiger partial charge in [0.05, 0.1) is 10.7 Å². The van der Waals surface area contributed by atoms with Gasteiger partial charge in [-0.1, -0.05) is 6.07 Å². The number of hydrogen-bond donors (Lipinski definition) is 1. The van der Waals surface area contributed by atoms with Crippen molar-refractivity contribution in [2.45, 2.75) is 26.3 Å². The SMILES string of the molecule is CNC(Cc1nc(C)c(C)s1)c1ccc2c(c1)OCCO2. The summed E-state index contributed by atoms with van der Waals surface area (Å²) >= 11 is 1.77. The van der Waals surface area contributed by atoms with Crippen LogP contribution in [0, 0.1) is 13.8 Å². The Morgan fingerprint density at radius 1 is 1.24 bits per heavy atom. The number of thiazole rings is 1. The van der Waals surface area contributed by atoms with Crippen molar-refractivity contribution in [2.75, 3.05) is 20.3 Å². The standard InChI is InChI=1S/C16H20N2O2S/c1-10-11(2)21-16(18-10)9-13(17-3)12-4-5-14-15(8-12)20-7-6-19-14/h4-5,8,13,17H,6-7,9H2,1-3H3. The Hall–Kier alpha value is -1.59. The van der Waals surface area contributed by atoms with Crippen molar-refractivity contribution >= 4 is 11.3 Å². The van der Waals surface area contributed by atoms with E-state index < -0.39 is 0 Å². The fourth-order valence-electron chi connectivity index (χ4n) is 2.46. The van der Waals surface area contributed by atoms with Gasteiger partial charge in [-0.3, -0.25) is 0 Å². The topological polar surface area (TPSA) is 43.4 Å². The zero-order valence-corrected chi connectivity index (χ0v) is 13.4. The highest BCUT2D eigenvalue weighted by Gasteiger charge is 2.17. The largest absolute Gasteiger partial charge is 0.486 e. The molecular formula is C16H20N2O2S. The van der Waals surface area contributed by atoms with Crippen LogP contribution in [0.2, 0.25) is 0 Å². The summed E-state index contributed by atoms with van der Waals surface area (Å²) in [6.45, 7) is 5.42. The maximum atomic E-state index is 5.67. The molecule has 1 unspecified atom stereocenters. The van der Waals surface area contributed by atoms with E-state index in [4.69, 9.17) is 9.47 Å². The van der Waals surface area contributed by atoms with E-state index in [1.807, 2.05) is 13.1 Å². The summed E-state index contributed by atoms with van der Waals surface area (Å²) in [7, 11) is 1.98. The average Bonchev–Trinajstić information content (AvgIpc) is 2.82. The molecule has 112 valence electrons. The number of ether oxygens (including phenoxy) is 2. The lowest BCUT2D eigenvalue weighted by atomic mass is 10.0. The van der Waals surface area contributed by atoms with Crippen LogP contribution in [0.25, 0.3) is 0 Å². The highest BCUT2D eigenvalue weighted by Crippen LogP contribution is 2.33. The minimum Gasteiger partial charge on any atom is -0.486 e. The molecule has 1 aromatic heterocycles. The molecule has 0 fully saturated rings. The third-order valence-corrected chi connectivity index (χ3v) is 4.86. The first-order valence-electron chi connectivity index (χ1n) is 7.17. The molecule has 1 aliphatic heterocycles. The molecule has 2 aromatic rings. The molecule has 1 aromatic carbocycles. The monoisotopic (exact) mass is 304 g/mol. The summed E-state index contributed by atoms with van der Waals surface area (Å²) in [5, 5.41) is 4.54. The lowest BCUT2D eigenvalue weighted by molar-refractivity contribution is 0.171. The zero-order chi connectivity index (χ0) is 14.8. The maximum absolute atomic E-state index is 5.67. The minimum atomic E-state index is 0.228. The van der Waals surface area contributed by atoms with E-state index in [9.17, 15) is 0 Å². The zero-order valence-electron chi connectivity index (χ0n) is 12.6. The molecule has 21 heavy (non-hydrogen) atoms. The van der Waals surface area contributed by atoms with E-state index in [0.29, 0.717) is 13.2 Å². The average molecular weight is 304 g/mol. The smallest absolute Gasteiger partial charge is 0.161 e. The van der Waals surface area contributed by atoms with Crippen LogP contribution in [-0.4, -0.2) is 25.2 Å². The van der Waals surface area contributed by atoms with Gasteiger partial charge >= 0.3 is 0 Å². The van der Waals surface area contributed by atoms with Crippen LogP contribution < -0.4 is 14.8 Å². The number of nitrogens with zero attached hydrogens (tertiary/aromatic N) is 1. The van der Waals surface area contributed by atoms with Crippen LogP contribution in [0.4, 0.5) is 0 Å². The summed E-state index contributed by atoms with van der Waals surface area (Å²) in [5.41, 5.74) is 2.33. The van der Waals surface area contributed by atoms with Gasteiger partial charge in [-0.15, -0.1) is 11.3 Å². The first-order chi connectivity index (χ1) is 10.2. The predicted molar refractivity (Wildman–Crippen MR) is 84.5 cm³/mol. The molecule has 1 atom stereocenters. The molecule has 0 saturated heterocycles. The summed E-state index contributed by atoms with van der Waals surface area (Å²) in [5.74, 6) is 1.67. The lowest BCUT2D eigenvalue weighted by Gasteiger charge is -2.21. The van der Waals surface area contributed by atoms with Gasteiger partial charge in [-0.25, -0.2) is 4.98 Å². The molecule has 1 N–H and O–H groups in total. The van der Waals surface area contributed by atoms with Gasteiger partial charge in [0.25, 0.3) is 0 Å². The maximum Gasteiger partial charge on any atom is 0.161 e. The first kappa shape index (κ1) is 14.4. The third-order valence-electron chi connectivity index (χ3n) is 3.77. The molecule has 2 heterocycles. The van der Waals surface area contributed by atoms with E-state index in [1.54, 1.807) is 11.3 Å². The van der Waals surface area contributed by atoms with Gasteiger partial charge in [-0.05, 0) is 38.6 Å². The van der Waals surface area contributed by atoms with Crippen molar-refractivity contribution in [1.29, 1.82) is 0 Å². The Morgan fingerprint density at radius 3 is 2.67 bits per heavy atom. The number of likely N-dealkylation sites (N-methyl/N-ethyl adjacent to an activating group) is 1. The third kappa shape index (κ3) is 3.04. The second-order valence-electron chi connectivity index (χ2n) is 5.20. The molecular weight excluding hydrogens is 284 g/mol. The molecule has 4 nitrogen and oxygen atoms in total. The van der Waals surface area contributed by atoms with Crippen LogP contribution in [0.5, 0.6) is 11.5 Å². The molecule has 0 radical (unpaired) electrons. The van der Waals surface area contributed by atoms with Crippen LogP contribution in [0.15, 0.2) is 18.2 Å². The number of aromatic nitrogens is 1. The fourth-order valence-corrected chi connectivity index (χ4v) is 3.44. The van der Waals surface area contributed by atoms with Gasteiger partial charge in [0.15, 0.2) is 11.5 Å². The van der Waals surface area contributed by atoms with E-state index in [-0.39, 0.29) is 6.04 Å². The Bertz CT molecular complexity index is 620. The molecule has 0 saturated carbocycles. The van der Waals surface area contributed by atoms with Crippen molar-refractivity contribution in [1.82, 2.24) is 10.3 Å². The van der Waals surface area contributed by atoms with Crippen LogP contribution >= 0.6 is 11.3 Å². The second kappa shape index (κ2) is 6.03. The molecule has 5 heteroatoms. The highest BCUT2D eigenvalue weighted by atomic mass is 32.1. The summed E-state index contributed by atoms with van der Waals surface area (Å²) in [6, 6.07) is 6.39. The first-order valence-corrected chi connectivity index (χ1v) is 7.98. The highest BCUT2D eigenvalue weighted by molar-refractivity contribution is 7.11. The van der Waals surface area contributed by atoms with Crippen molar-refractivity contribution in [2.24, 2.45) is 0 Å².